The highest BCUT2D eigenvalue weighted by Crippen LogP contribution is 2.28. The van der Waals surface area contributed by atoms with Crippen molar-refractivity contribution in [3.05, 3.63) is 64.1 Å². The largest absolute Gasteiger partial charge is 0.352 e. The van der Waals surface area contributed by atoms with Crippen molar-refractivity contribution in [3.8, 4) is 0 Å². The van der Waals surface area contributed by atoms with Crippen LogP contribution >= 0.6 is 23.2 Å². The second-order valence-corrected chi connectivity index (χ2v) is 12.2. The number of rotatable bonds is 12. The van der Waals surface area contributed by atoms with E-state index in [0.717, 1.165) is 25.7 Å². The van der Waals surface area contributed by atoms with Gasteiger partial charge in [-0.15, -0.1) is 0 Å². The third-order valence-electron chi connectivity index (χ3n) is 6.79. The first-order chi connectivity index (χ1) is 17.6. The van der Waals surface area contributed by atoms with Crippen molar-refractivity contribution in [2.24, 2.45) is 0 Å². The highest BCUT2D eigenvalue weighted by Gasteiger charge is 2.31. The van der Waals surface area contributed by atoms with E-state index in [1.54, 1.807) is 48.5 Å². The van der Waals surface area contributed by atoms with E-state index >= 15 is 0 Å². The summed E-state index contributed by atoms with van der Waals surface area (Å²) in [4.78, 5) is 28.5. The fraction of sp³-hybridized carbons (Fsp3) is 0.481. The molecule has 1 fully saturated rings. The van der Waals surface area contributed by atoms with Crippen LogP contribution in [0.5, 0.6) is 0 Å². The number of nitrogens with one attached hydrogen (secondary N) is 1. The van der Waals surface area contributed by atoms with Crippen molar-refractivity contribution in [3.63, 3.8) is 0 Å². The molecule has 0 aliphatic heterocycles. The molecule has 1 saturated carbocycles. The monoisotopic (exact) mass is 567 g/mol. The third-order valence-corrected chi connectivity index (χ3v) is 9.37. The van der Waals surface area contributed by atoms with Gasteiger partial charge >= 0.3 is 0 Å². The molecule has 2 aromatic rings. The van der Waals surface area contributed by atoms with Gasteiger partial charge in [0.25, 0.3) is 0 Å². The number of hydrogen-bond donors (Lipinski definition) is 1. The fourth-order valence-corrected chi connectivity index (χ4v) is 6.38. The Balaban J connectivity index is 1.74. The molecule has 1 aliphatic carbocycles. The summed E-state index contributed by atoms with van der Waals surface area (Å²) in [5.74, 6) is -0.440. The maximum absolute atomic E-state index is 13.5. The summed E-state index contributed by atoms with van der Waals surface area (Å²) in [7, 11) is -2.16. The number of amides is 2. The van der Waals surface area contributed by atoms with Gasteiger partial charge in [0.2, 0.25) is 21.8 Å². The number of carbonyl (C=O) groups is 2. The maximum atomic E-state index is 13.5. The van der Waals surface area contributed by atoms with Crippen LogP contribution in [0.3, 0.4) is 0 Å². The number of hydrogen-bond acceptors (Lipinski definition) is 4. The van der Waals surface area contributed by atoms with Crippen LogP contribution in [-0.4, -0.2) is 55.1 Å². The fourth-order valence-electron chi connectivity index (χ4n) is 4.63. The van der Waals surface area contributed by atoms with Crippen LogP contribution < -0.4 is 5.32 Å². The van der Waals surface area contributed by atoms with Crippen molar-refractivity contribution in [2.75, 3.05) is 13.6 Å². The summed E-state index contributed by atoms with van der Waals surface area (Å²) in [5, 5.41) is 3.95. The van der Waals surface area contributed by atoms with E-state index in [4.69, 9.17) is 23.2 Å². The van der Waals surface area contributed by atoms with Gasteiger partial charge in [0.05, 0.1) is 4.90 Å². The van der Waals surface area contributed by atoms with E-state index in [1.807, 2.05) is 6.92 Å². The van der Waals surface area contributed by atoms with E-state index in [-0.39, 0.29) is 42.3 Å². The summed E-state index contributed by atoms with van der Waals surface area (Å²) in [6.45, 7) is 2.12. The molecule has 2 amide bonds. The minimum atomic E-state index is -3.66. The first kappa shape index (κ1) is 29.4. The topological polar surface area (TPSA) is 86.8 Å². The molecule has 1 aliphatic rings. The summed E-state index contributed by atoms with van der Waals surface area (Å²) < 4.78 is 26.9. The quantitative estimate of drug-likeness (QED) is 0.379. The van der Waals surface area contributed by atoms with Crippen LogP contribution in [0.2, 0.25) is 10.0 Å². The Morgan fingerprint density at radius 1 is 1.03 bits per heavy atom. The molecule has 0 saturated heterocycles. The average molecular weight is 569 g/mol. The molecule has 1 unspecified atom stereocenters. The van der Waals surface area contributed by atoms with E-state index in [0.29, 0.717) is 28.5 Å². The Bertz CT molecular complexity index is 1150. The first-order valence-electron chi connectivity index (χ1n) is 12.7. The molecule has 1 atom stereocenters. The molecule has 3 rings (SSSR count). The summed E-state index contributed by atoms with van der Waals surface area (Å²) in [5.41, 5.74) is 0.579. The lowest BCUT2D eigenvalue weighted by Gasteiger charge is -2.32. The lowest BCUT2D eigenvalue weighted by Crippen LogP contribution is -2.51. The number of carbonyl (C=O) groups excluding carboxylic acids is 2. The SMILES string of the molecule is CCC(C(=O)NC1CCCC1)N(Cc1c(Cl)cccc1Cl)C(=O)CCCN(C)S(=O)(=O)c1ccccc1. The molecule has 37 heavy (non-hydrogen) atoms. The molecular formula is C27H35Cl2N3O4S. The molecule has 0 heterocycles. The van der Waals surface area contributed by atoms with Gasteiger partial charge in [-0.25, -0.2) is 12.7 Å². The van der Waals surface area contributed by atoms with Gasteiger partial charge in [0.1, 0.15) is 6.04 Å². The highest BCUT2D eigenvalue weighted by molar-refractivity contribution is 7.89. The lowest BCUT2D eigenvalue weighted by molar-refractivity contribution is -0.141. The summed E-state index contributed by atoms with van der Waals surface area (Å²) in [6, 6.07) is 12.8. The lowest BCUT2D eigenvalue weighted by atomic mass is 10.1. The molecule has 0 radical (unpaired) electrons. The molecule has 202 valence electrons. The Hall–Kier alpha value is -2.13. The summed E-state index contributed by atoms with van der Waals surface area (Å²) >= 11 is 12.8. The molecular weight excluding hydrogens is 533 g/mol. The van der Waals surface area contributed by atoms with Gasteiger partial charge in [0, 0.05) is 48.2 Å². The van der Waals surface area contributed by atoms with Gasteiger partial charge in [-0.05, 0) is 49.9 Å². The van der Waals surface area contributed by atoms with Gasteiger partial charge in [-0.1, -0.05) is 67.2 Å². The Kier molecular flexibility index (Phi) is 10.8. The van der Waals surface area contributed by atoms with Gasteiger partial charge in [-0.3, -0.25) is 9.59 Å². The van der Waals surface area contributed by atoms with Crippen molar-refractivity contribution in [2.45, 2.75) is 75.4 Å². The molecule has 1 N–H and O–H groups in total. The van der Waals surface area contributed by atoms with E-state index in [1.165, 1.54) is 16.3 Å². The predicted octanol–water partition coefficient (Wildman–Crippen LogP) is 5.26. The van der Waals surface area contributed by atoms with Crippen LogP contribution in [0.4, 0.5) is 0 Å². The number of benzene rings is 2. The van der Waals surface area contributed by atoms with Crippen LogP contribution in [0.25, 0.3) is 0 Å². The number of nitrogens with zero attached hydrogens (tertiary/aromatic N) is 2. The minimum absolute atomic E-state index is 0.0733. The standard InChI is InChI=1S/C27H35Cl2N3O4S/c1-3-25(27(34)30-20-11-7-8-12-20)32(19-22-23(28)15-9-16-24(22)29)26(33)17-10-18-31(2)37(35,36)21-13-5-4-6-14-21/h4-6,9,13-16,20,25H,3,7-8,10-12,17-19H2,1-2H3,(H,30,34). The zero-order chi connectivity index (χ0) is 27.0. The van der Waals surface area contributed by atoms with Crippen LogP contribution in [-0.2, 0) is 26.2 Å². The Morgan fingerprint density at radius 2 is 1.65 bits per heavy atom. The van der Waals surface area contributed by atoms with Crippen molar-refractivity contribution in [1.29, 1.82) is 0 Å². The van der Waals surface area contributed by atoms with Crippen LogP contribution in [0, 0.1) is 0 Å². The second-order valence-electron chi connectivity index (χ2n) is 9.38. The van der Waals surface area contributed by atoms with Crippen molar-refractivity contribution >= 4 is 45.0 Å². The molecule has 2 aromatic carbocycles. The average Bonchev–Trinajstić information content (AvgIpc) is 3.39. The van der Waals surface area contributed by atoms with E-state index in [2.05, 4.69) is 5.32 Å². The maximum Gasteiger partial charge on any atom is 0.243 e. The predicted molar refractivity (Wildman–Crippen MR) is 147 cm³/mol. The van der Waals surface area contributed by atoms with Crippen molar-refractivity contribution in [1.82, 2.24) is 14.5 Å². The number of sulfonamides is 1. The molecule has 0 aromatic heterocycles. The molecule has 7 nitrogen and oxygen atoms in total. The van der Waals surface area contributed by atoms with Crippen LogP contribution in [0.1, 0.15) is 57.4 Å². The number of halogens is 2. The third kappa shape index (κ3) is 7.69. The van der Waals surface area contributed by atoms with Gasteiger partial charge in [-0.2, -0.15) is 0 Å². The summed E-state index contributed by atoms with van der Waals surface area (Å²) in [6.07, 6.45) is 4.84. The zero-order valence-corrected chi connectivity index (χ0v) is 23.7. The van der Waals surface area contributed by atoms with Gasteiger partial charge < -0.3 is 10.2 Å². The Morgan fingerprint density at radius 3 is 2.24 bits per heavy atom. The first-order valence-corrected chi connectivity index (χ1v) is 14.9. The van der Waals surface area contributed by atoms with Gasteiger partial charge in [0.15, 0.2) is 0 Å². The minimum Gasteiger partial charge on any atom is -0.352 e. The van der Waals surface area contributed by atoms with E-state index < -0.39 is 16.1 Å². The highest BCUT2D eigenvalue weighted by atomic mass is 35.5. The Labute approximate surface area is 230 Å². The smallest absolute Gasteiger partial charge is 0.243 e. The molecule has 0 bridgehead atoms. The second kappa shape index (κ2) is 13.6. The molecule has 10 heteroatoms. The molecule has 0 spiro atoms. The van der Waals surface area contributed by atoms with Crippen LogP contribution in [0.15, 0.2) is 53.4 Å². The van der Waals surface area contributed by atoms with Crippen molar-refractivity contribution < 1.29 is 18.0 Å². The normalized spacial score (nSPS) is 15.1. The van der Waals surface area contributed by atoms with E-state index in [9.17, 15) is 18.0 Å². The zero-order valence-electron chi connectivity index (χ0n) is 21.3.